The van der Waals surface area contributed by atoms with Crippen LogP contribution in [0.5, 0.6) is 0 Å². The molecule has 1 rings (SSSR count). The minimum atomic E-state index is -1.04. The van der Waals surface area contributed by atoms with Crippen molar-refractivity contribution in [2.75, 3.05) is 0 Å². The van der Waals surface area contributed by atoms with Gasteiger partial charge in [0, 0.05) is 6.42 Å². The number of hydrogen-bond acceptors (Lipinski definition) is 4. The summed E-state index contributed by atoms with van der Waals surface area (Å²) in [6.45, 7) is 7.44. The fraction of sp³-hybridized carbons (Fsp3) is 0.500. The molecule has 0 unspecified atom stereocenters. The van der Waals surface area contributed by atoms with Gasteiger partial charge in [0.05, 0.1) is 12.5 Å². The molecule has 0 bridgehead atoms. The molecule has 7 heteroatoms. The lowest BCUT2D eigenvalue weighted by Gasteiger charge is -2.24. The average Bonchev–Trinajstić information content (AvgIpc) is 2.59. The monoisotopic (exact) mass is 376 g/mol. The Morgan fingerprint density at radius 2 is 1.70 bits per heavy atom. The summed E-state index contributed by atoms with van der Waals surface area (Å²) in [4.78, 5) is 46.7. The summed E-state index contributed by atoms with van der Waals surface area (Å²) in [5, 5.41) is 13.9. The van der Waals surface area contributed by atoms with E-state index in [2.05, 4.69) is 10.6 Å². The van der Waals surface area contributed by atoms with Crippen LogP contribution < -0.4 is 10.6 Å². The van der Waals surface area contributed by atoms with Gasteiger partial charge in [-0.15, -0.1) is 0 Å². The van der Waals surface area contributed by atoms with Crippen LogP contribution in [0.2, 0.25) is 0 Å². The van der Waals surface area contributed by atoms with Crippen LogP contribution in [0.3, 0.4) is 0 Å². The molecule has 0 aliphatic rings. The molecule has 148 valence electrons. The maximum absolute atomic E-state index is 12.5. The number of amides is 2. The van der Waals surface area contributed by atoms with Crippen molar-refractivity contribution < 1.29 is 24.3 Å². The van der Waals surface area contributed by atoms with Crippen molar-refractivity contribution in [3.8, 4) is 0 Å². The van der Waals surface area contributed by atoms with Crippen molar-refractivity contribution in [1.29, 1.82) is 0 Å². The molecule has 0 saturated carbocycles. The smallest absolute Gasteiger partial charge is 0.303 e. The van der Waals surface area contributed by atoms with Crippen LogP contribution in [0, 0.1) is 19.8 Å². The first kappa shape index (κ1) is 22.3. The van der Waals surface area contributed by atoms with Gasteiger partial charge >= 0.3 is 5.97 Å². The van der Waals surface area contributed by atoms with Crippen molar-refractivity contribution in [2.45, 2.75) is 59.0 Å². The van der Waals surface area contributed by atoms with E-state index < -0.39 is 24.0 Å². The van der Waals surface area contributed by atoms with Crippen molar-refractivity contribution in [3.63, 3.8) is 0 Å². The second-order valence-electron chi connectivity index (χ2n) is 7.02. The fourth-order valence-electron chi connectivity index (χ4n) is 2.77. The molecule has 0 spiro atoms. The van der Waals surface area contributed by atoms with Crippen LogP contribution in [0.15, 0.2) is 18.2 Å². The SMILES string of the molecule is Cc1cccc(C)c1CC(=O)N[C@H](C(=O)N[C@@H](C=O)CCC(=O)O)C(C)C. The van der Waals surface area contributed by atoms with E-state index in [9.17, 15) is 19.2 Å². The number of carboxylic acid groups (broad SMARTS) is 1. The van der Waals surface area contributed by atoms with Crippen LogP contribution in [-0.4, -0.2) is 41.3 Å². The minimum absolute atomic E-state index is 0.00569. The van der Waals surface area contributed by atoms with E-state index in [0.29, 0.717) is 6.29 Å². The Hall–Kier alpha value is -2.70. The van der Waals surface area contributed by atoms with Gasteiger partial charge in [0.25, 0.3) is 0 Å². The van der Waals surface area contributed by atoms with E-state index in [4.69, 9.17) is 5.11 Å². The van der Waals surface area contributed by atoms with Gasteiger partial charge in [-0.2, -0.15) is 0 Å². The Bertz CT molecular complexity index is 679. The third kappa shape index (κ3) is 7.21. The van der Waals surface area contributed by atoms with E-state index in [1.165, 1.54) is 0 Å². The molecule has 0 saturated heterocycles. The number of hydrogen-bond donors (Lipinski definition) is 3. The second-order valence-corrected chi connectivity index (χ2v) is 7.02. The highest BCUT2D eigenvalue weighted by Gasteiger charge is 2.26. The van der Waals surface area contributed by atoms with E-state index in [0.717, 1.165) is 16.7 Å². The molecule has 0 aromatic heterocycles. The molecule has 0 aliphatic carbocycles. The average molecular weight is 376 g/mol. The maximum Gasteiger partial charge on any atom is 0.303 e. The first-order valence-corrected chi connectivity index (χ1v) is 8.97. The van der Waals surface area contributed by atoms with E-state index in [1.54, 1.807) is 13.8 Å². The van der Waals surface area contributed by atoms with Gasteiger partial charge < -0.3 is 20.5 Å². The van der Waals surface area contributed by atoms with Gasteiger partial charge in [-0.3, -0.25) is 14.4 Å². The molecule has 0 aliphatic heterocycles. The maximum atomic E-state index is 12.5. The third-order valence-corrected chi connectivity index (χ3v) is 4.41. The van der Waals surface area contributed by atoms with Crippen LogP contribution in [0.1, 0.15) is 43.4 Å². The number of carboxylic acids is 1. The zero-order valence-electron chi connectivity index (χ0n) is 16.2. The summed E-state index contributed by atoms with van der Waals surface area (Å²) < 4.78 is 0. The summed E-state index contributed by atoms with van der Waals surface area (Å²) in [7, 11) is 0. The van der Waals surface area contributed by atoms with Crippen molar-refractivity contribution >= 4 is 24.1 Å². The quantitative estimate of drug-likeness (QED) is 0.536. The number of carbonyl (C=O) groups excluding carboxylic acids is 3. The van der Waals surface area contributed by atoms with Gasteiger partial charge in [0.1, 0.15) is 12.3 Å². The lowest BCUT2D eigenvalue weighted by Crippen LogP contribution is -2.52. The lowest BCUT2D eigenvalue weighted by atomic mass is 9.98. The fourth-order valence-corrected chi connectivity index (χ4v) is 2.77. The Morgan fingerprint density at radius 3 is 2.19 bits per heavy atom. The van der Waals surface area contributed by atoms with Gasteiger partial charge in [-0.25, -0.2) is 0 Å². The lowest BCUT2D eigenvalue weighted by molar-refractivity contribution is -0.137. The molecule has 0 radical (unpaired) electrons. The van der Waals surface area contributed by atoms with Crippen molar-refractivity contribution in [2.24, 2.45) is 5.92 Å². The number of rotatable bonds is 10. The first-order valence-electron chi connectivity index (χ1n) is 8.97. The van der Waals surface area contributed by atoms with Crippen LogP contribution in [0.25, 0.3) is 0 Å². The van der Waals surface area contributed by atoms with Gasteiger partial charge in [-0.1, -0.05) is 32.0 Å². The molecule has 2 amide bonds. The normalized spacial score (nSPS) is 12.9. The molecule has 1 aromatic carbocycles. The summed E-state index contributed by atoms with van der Waals surface area (Å²) in [5.74, 6) is -2.02. The zero-order chi connectivity index (χ0) is 20.6. The van der Waals surface area contributed by atoms with Gasteiger partial charge in [-0.05, 0) is 42.9 Å². The minimum Gasteiger partial charge on any atom is -0.481 e. The number of aryl methyl sites for hydroxylation is 2. The topological polar surface area (TPSA) is 113 Å². The second kappa shape index (κ2) is 10.4. The predicted octanol–water partition coefficient (Wildman–Crippen LogP) is 1.54. The van der Waals surface area contributed by atoms with E-state index in [-0.39, 0.29) is 31.1 Å². The van der Waals surface area contributed by atoms with Crippen LogP contribution in [0.4, 0.5) is 0 Å². The van der Waals surface area contributed by atoms with Crippen molar-refractivity contribution in [3.05, 3.63) is 34.9 Å². The number of aliphatic carboxylic acids is 1. The summed E-state index contributed by atoms with van der Waals surface area (Å²) in [5.41, 5.74) is 2.93. The number of carbonyl (C=O) groups is 4. The van der Waals surface area contributed by atoms with E-state index >= 15 is 0 Å². The zero-order valence-corrected chi connectivity index (χ0v) is 16.2. The molecule has 3 N–H and O–H groups in total. The molecule has 2 atom stereocenters. The molecule has 0 fully saturated rings. The number of aldehydes is 1. The van der Waals surface area contributed by atoms with Crippen molar-refractivity contribution in [1.82, 2.24) is 10.6 Å². The summed E-state index contributed by atoms with van der Waals surface area (Å²) >= 11 is 0. The highest BCUT2D eigenvalue weighted by Crippen LogP contribution is 2.14. The summed E-state index contributed by atoms with van der Waals surface area (Å²) in [6, 6.07) is 4.07. The molecular formula is C20H28N2O5. The number of nitrogens with one attached hydrogen (secondary N) is 2. The standard InChI is InChI=1S/C20H28N2O5/c1-12(2)19(20(27)21-15(11-23)8-9-18(25)26)22-17(24)10-16-13(3)6-5-7-14(16)4/h5-7,11-12,15,19H,8-10H2,1-4H3,(H,21,27)(H,22,24)(H,25,26)/t15-,19+/m1/s1. The first-order chi connectivity index (χ1) is 12.6. The van der Waals surface area contributed by atoms with Gasteiger partial charge in [0.2, 0.25) is 11.8 Å². The van der Waals surface area contributed by atoms with E-state index in [1.807, 2.05) is 32.0 Å². The highest BCUT2D eigenvalue weighted by molar-refractivity contribution is 5.90. The largest absolute Gasteiger partial charge is 0.481 e. The molecule has 7 nitrogen and oxygen atoms in total. The highest BCUT2D eigenvalue weighted by atomic mass is 16.4. The molecule has 1 aromatic rings. The van der Waals surface area contributed by atoms with Crippen LogP contribution in [-0.2, 0) is 25.6 Å². The molecule has 0 heterocycles. The number of benzene rings is 1. The van der Waals surface area contributed by atoms with Crippen LogP contribution >= 0.6 is 0 Å². The summed E-state index contributed by atoms with van der Waals surface area (Å²) in [6.07, 6.45) is 0.447. The molecular weight excluding hydrogens is 348 g/mol. The Labute approximate surface area is 159 Å². The Kier molecular flexibility index (Phi) is 8.65. The Balaban J connectivity index is 2.77. The molecule has 27 heavy (non-hydrogen) atoms. The predicted molar refractivity (Wildman–Crippen MR) is 101 cm³/mol. The van der Waals surface area contributed by atoms with Gasteiger partial charge in [0.15, 0.2) is 0 Å². The Morgan fingerprint density at radius 1 is 1.11 bits per heavy atom. The third-order valence-electron chi connectivity index (χ3n) is 4.41.